The standard InChI is InChI=1S/C47H89NO5/c1-3-5-7-9-11-13-15-19-23-27-31-35-39-45(50)44(43-49)48-46(51)40-36-32-28-24-20-17-18-22-26-30-34-38-42-53-47(52)41-37-33-29-25-21-16-14-12-10-8-6-4-2/h18,22,35,39,44-45,49-50H,3-17,19-21,23-34,36-38,40-43H2,1-2H3,(H,48,51)/b22-18-,39-35+. The van der Waals surface area contributed by atoms with Gasteiger partial charge in [0.1, 0.15) is 0 Å². The Labute approximate surface area is 329 Å². The molecule has 0 bridgehead atoms. The summed E-state index contributed by atoms with van der Waals surface area (Å²) in [6.07, 6.45) is 48.8. The van der Waals surface area contributed by atoms with Gasteiger partial charge in [-0.2, -0.15) is 0 Å². The second-order valence-electron chi connectivity index (χ2n) is 15.7. The second kappa shape index (κ2) is 43.1. The number of esters is 1. The maximum Gasteiger partial charge on any atom is 0.305 e. The molecule has 2 unspecified atom stereocenters. The summed E-state index contributed by atoms with van der Waals surface area (Å²) in [4.78, 5) is 24.3. The number of amides is 1. The van der Waals surface area contributed by atoms with Gasteiger partial charge in [0, 0.05) is 12.8 Å². The Balaban J connectivity index is 3.55. The van der Waals surface area contributed by atoms with Crippen molar-refractivity contribution >= 4 is 11.9 Å². The Morgan fingerprint density at radius 3 is 1.34 bits per heavy atom. The summed E-state index contributed by atoms with van der Waals surface area (Å²) >= 11 is 0. The molecule has 0 aliphatic heterocycles. The number of unbranched alkanes of at least 4 members (excludes halogenated alkanes) is 29. The van der Waals surface area contributed by atoms with Crippen molar-refractivity contribution in [1.29, 1.82) is 0 Å². The van der Waals surface area contributed by atoms with Crippen LogP contribution in [0.5, 0.6) is 0 Å². The summed E-state index contributed by atoms with van der Waals surface area (Å²) in [6.45, 7) is 4.82. The van der Waals surface area contributed by atoms with Gasteiger partial charge in [-0.25, -0.2) is 0 Å². The van der Waals surface area contributed by atoms with Crippen LogP contribution in [0.2, 0.25) is 0 Å². The van der Waals surface area contributed by atoms with Crippen LogP contribution < -0.4 is 5.32 Å². The zero-order valence-corrected chi connectivity index (χ0v) is 35.2. The molecule has 0 saturated heterocycles. The largest absolute Gasteiger partial charge is 0.466 e. The number of carbonyl (C=O) groups is 2. The van der Waals surface area contributed by atoms with E-state index in [1.165, 1.54) is 135 Å². The lowest BCUT2D eigenvalue weighted by Crippen LogP contribution is -2.45. The summed E-state index contributed by atoms with van der Waals surface area (Å²) < 4.78 is 5.42. The fourth-order valence-corrected chi connectivity index (χ4v) is 6.86. The highest BCUT2D eigenvalue weighted by Crippen LogP contribution is 2.14. The van der Waals surface area contributed by atoms with Gasteiger partial charge in [-0.1, -0.05) is 186 Å². The molecule has 0 radical (unpaired) electrons. The van der Waals surface area contributed by atoms with E-state index in [2.05, 4.69) is 31.3 Å². The molecule has 1 amide bonds. The van der Waals surface area contributed by atoms with Crippen LogP contribution >= 0.6 is 0 Å². The maximum atomic E-state index is 12.4. The van der Waals surface area contributed by atoms with Crippen molar-refractivity contribution in [2.45, 2.75) is 251 Å². The molecule has 3 N–H and O–H groups in total. The molecule has 0 aromatic heterocycles. The summed E-state index contributed by atoms with van der Waals surface area (Å²) in [5.41, 5.74) is 0. The summed E-state index contributed by atoms with van der Waals surface area (Å²) in [6, 6.07) is -0.644. The molecule has 0 aliphatic carbocycles. The number of allylic oxidation sites excluding steroid dienone is 3. The summed E-state index contributed by atoms with van der Waals surface area (Å²) in [5, 5.41) is 22.9. The molecule has 0 aromatic rings. The Bertz CT molecular complexity index is 828. The first-order valence-electron chi connectivity index (χ1n) is 23.1. The van der Waals surface area contributed by atoms with E-state index >= 15 is 0 Å². The SMILES string of the molecule is CCCCCCCCCCCC/C=C/C(O)C(CO)NC(=O)CCCCCCC/C=C\CCCCCOC(=O)CCCCCCCCCCCCCC. The first-order valence-corrected chi connectivity index (χ1v) is 23.1. The minimum atomic E-state index is -0.858. The highest BCUT2D eigenvalue weighted by atomic mass is 16.5. The summed E-state index contributed by atoms with van der Waals surface area (Å²) in [5.74, 6) is -0.120. The van der Waals surface area contributed by atoms with Crippen molar-refractivity contribution in [3.8, 4) is 0 Å². The van der Waals surface area contributed by atoms with Gasteiger partial charge in [-0.15, -0.1) is 0 Å². The predicted molar refractivity (Wildman–Crippen MR) is 227 cm³/mol. The zero-order chi connectivity index (χ0) is 38.7. The fraction of sp³-hybridized carbons (Fsp3) is 0.872. The second-order valence-corrected chi connectivity index (χ2v) is 15.7. The van der Waals surface area contributed by atoms with Crippen LogP contribution in [0.25, 0.3) is 0 Å². The van der Waals surface area contributed by atoms with Crippen molar-refractivity contribution in [2.75, 3.05) is 13.2 Å². The molecule has 0 fully saturated rings. The quantitative estimate of drug-likeness (QED) is 0.0328. The minimum Gasteiger partial charge on any atom is -0.466 e. The van der Waals surface area contributed by atoms with Gasteiger partial charge in [0.25, 0.3) is 0 Å². The minimum absolute atomic E-state index is 0.0246. The lowest BCUT2D eigenvalue weighted by atomic mass is 10.0. The number of rotatable bonds is 42. The molecule has 53 heavy (non-hydrogen) atoms. The van der Waals surface area contributed by atoms with E-state index in [0.29, 0.717) is 19.4 Å². The van der Waals surface area contributed by atoms with Crippen LogP contribution in [-0.4, -0.2) is 47.4 Å². The molecule has 0 aliphatic rings. The number of ether oxygens (including phenoxy) is 1. The van der Waals surface area contributed by atoms with E-state index in [4.69, 9.17) is 4.74 Å². The van der Waals surface area contributed by atoms with E-state index in [9.17, 15) is 19.8 Å². The van der Waals surface area contributed by atoms with E-state index < -0.39 is 12.1 Å². The van der Waals surface area contributed by atoms with Gasteiger partial charge < -0.3 is 20.3 Å². The normalized spacial score (nSPS) is 12.9. The van der Waals surface area contributed by atoms with Gasteiger partial charge in [0.05, 0.1) is 25.4 Å². The van der Waals surface area contributed by atoms with E-state index in [1.807, 2.05) is 6.08 Å². The fourth-order valence-electron chi connectivity index (χ4n) is 6.86. The smallest absolute Gasteiger partial charge is 0.305 e. The summed E-state index contributed by atoms with van der Waals surface area (Å²) in [7, 11) is 0. The van der Waals surface area contributed by atoms with Crippen molar-refractivity contribution in [3.05, 3.63) is 24.3 Å². The molecule has 6 heteroatoms. The van der Waals surface area contributed by atoms with Crippen LogP contribution in [0.15, 0.2) is 24.3 Å². The highest BCUT2D eigenvalue weighted by molar-refractivity contribution is 5.76. The van der Waals surface area contributed by atoms with Gasteiger partial charge in [0.2, 0.25) is 5.91 Å². The first-order chi connectivity index (χ1) is 26.0. The van der Waals surface area contributed by atoms with Crippen LogP contribution in [-0.2, 0) is 14.3 Å². The van der Waals surface area contributed by atoms with E-state index in [-0.39, 0.29) is 18.5 Å². The third-order valence-electron chi connectivity index (χ3n) is 10.5. The lowest BCUT2D eigenvalue weighted by molar-refractivity contribution is -0.143. The number of hydrogen-bond donors (Lipinski definition) is 3. The Kier molecular flexibility index (Phi) is 41.7. The maximum absolute atomic E-state index is 12.4. The Hall–Kier alpha value is -1.66. The van der Waals surface area contributed by atoms with Crippen LogP contribution in [0, 0.1) is 0 Å². The Morgan fingerprint density at radius 1 is 0.509 bits per heavy atom. The molecule has 312 valence electrons. The number of carbonyl (C=O) groups excluding carboxylic acids is 2. The van der Waals surface area contributed by atoms with Gasteiger partial charge in [-0.05, 0) is 64.2 Å². The third-order valence-corrected chi connectivity index (χ3v) is 10.5. The molecule has 0 spiro atoms. The van der Waals surface area contributed by atoms with Crippen molar-refractivity contribution < 1.29 is 24.5 Å². The van der Waals surface area contributed by atoms with Crippen molar-refractivity contribution in [3.63, 3.8) is 0 Å². The molecule has 0 saturated carbocycles. The monoisotopic (exact) mass is 748 g/mol. The van der Waals surface area contributed by atoms with E-state index in [0.717, 1.165) is 77.0 Å². The average molecular weight is 748 g/mol. The number of nitrogens with one attached hydrogen (secondary N) is 1. The van der Waals surface area contributed by atoms with Crippen LogP contribution in [0.1, 0.15) is 239 Å². The molecular weight excluding hydrogens is 659 g/mol. The number of aliphatic hydroxyl groups excluding tert-OH is 2. The van der Waals surface area contributed by atoms with Gasteiger partial charge in [0.15, 0.2) is 0 Å². The predicted octanol–water partition coefficient (Wildman–Crippen LogP) is 13.2. The third kappa shape index (κ3) is 39.8. The molecule has 0 rings (SSSR count). The molecule has 0 heterocycles. The molecule has 2 atom stereocenters. The molecular formula is C47H89NO5. The lowest BCUT2D eigenvalue weighted by Gasteiger charge is -2.20. The average Bonchev–Trinajstić information content (AvgIpc) is 3.16. The topological polar surface area (TPSA) is 95.9 Å². The number of aliphatic hydroxyl groups is 2. The zero-order valence-electron chi connectivity index (χ0n) is 35.2. The van der Waals surface area contributed by atoms with E-state index in [1.54, 1.807) is 6.08 Å². The van der Waals surface area contributed by atoms with Crippen LogP contribution in [0.4, 0.5) is 0 Å². The van der Waals surface area contributed by atoms with Crippen LogP contribution in [0.3, 0.4) is 0 Å². The van der Waals surface area contributed by atoms with Gasteiger partial charge in [-0.3, -0.25) is 9.59 Å². The first kappa shape index (κ1) is 51.3. The van der Waals surface area contributed by atoms with Crippen molar-refractivity contribution in [2.24, 2.45) is 0 Å². The van der Waals surface area contributed by atoms with Crippen molar-refractivity contribution in [1.82, 2.24) is 5.32 Å². The Morgan fingerprint density at radius 2 is 0.887 bits per heavy atom. The molecule has 6 nitrogen and oxygen atoms in total. The molecule has 0 aromatic carbocycles. The number of hydrogen-bond acceptors (Lipinski definition) is 5. The highest BCUT2D eigenvalue weighted by Gasteiger charge is 2.18. The van der Waals surface area contributed by atoms with Gasteiger partial charge >= 0.3 is 5.97 Å².